The molecule has 0 amide bonds. The van der Waals surface area contributed by atoms with E-state index in [4.69, 9.17) is 5.14 Å². The van der Waals surface area contributed by atoms with E-state index in [-0.39, 0.29) is 15.6 Å². The van der Waals surface area contributed by atoms with Gasteiger partial charge in [0.05, 0.1) is 9.79 Å². The highest BCUT2D eigenvalue weighted by molar-refractivity contribution is 7.90. The Hall–Kier alpha value is -2.60. The van der Waals surface area contributed by atoms with Gasteiger partial charge in [-0.15, -0.1) is 0 Å². The fourth-order valence-corrected chi connectivity index (χ4v) is 4.31. The zero-order chi connectivity index (χ0) is 19.7. The van der Waals surface area contributed by atoms with Crippen LogP contribution in [0.15, 0.2) is 64.4 Å². The molecule has 0 saturated carbocycles. The number of nitrogens with two attached hydrogens (primary N) is 1. The van der Waals surface area contributed by atoms with Gasteiger partial charge in [0.15, 0.2) is 5.82 Å². The summed E-state index contributed by atoms with van der Waals surface area (Å²) in [5.74, 6) is 0.770. The number of aromatic nitrogens is 3. The Morgan fingerprint density at radius 1 is 1.00 bits per heavy atom. The van der Waals surface area contributed by atoms with Crippen LogP contribution in [0.5, 0.6) is 0 Å². The van der Waals surface area contributed by atoms with Crippen molar-refractivity contribution in [3.8, 4) is 0 Å². The maximum atomic E-state index is 12.9. The summed E-state index contributed by atoms with van der Waals surface area (Å²) < 4.78 is 51.3. The van der Waals surface area contributed by atoms with Crippen LogP contribution in [-0.4, -0.2) is 32.0 Å². The maximum absolute atomic E-state index is 12.9. The summed E-state index contributed by atoms with van der Waals surface area (Å²) in [5.41, 5.74) is 0.627. The van der Waals surface area contributed by atoms with Crippen LogP contribution in [0.2, 0.25) is 0 Å². The van der Waals surface area contributed by atoms with E-state index in [0.29, 0.717) is 11.4 Å². The maximum Gasteiger partial charge on any atom is 0.241 e. The Bertz CT molecular complexity index is 1160. The molecule has 4 N–H and O–H groups in total. The van der Waals surface area contributed by atoms with E-state index < -0.39 is 26.1 Å². The molecular formula is C16H17N5O4S2. The van der Waals surface area contributed by atoms with Gasteiger partial charge in [-0.2, -0.15) is 9.82 Å². The first-order valence-corrected chi connectivity index (χ1v) is 10.8. The van der Waals surface area contributed by atoms with Crippen molar-refractivity contribution in [2.45, 2.75) is 22.8 Å². The highest BCUT2D eigenvalue weighted by Crippen LogP contribution is 2.23. The highest BCUT2D eigenvalue weighted by Gasteiger charge is 2.26. The fraction of sp³-hybridized carbons (Fsp3) is 0.125. The van der Waals surface area contributed by atoms with Gasteiger partial charge in [0.2, 0.25) is 20.0 Å². The van der Waals surface area contributed by atoms with Gasteiger partial charge >= 0.3 is 0 Å². The molecule has 0 aliphatic carbocycles. The van der Waals surface area contributed by atoms with E-state index in [9.17, 15) is 16.8 Å². The zero-order valence-corrected chi connectivity index (χ0v) is 15.8. The molecule has 11 heteroatoms. The summed E-state index contributed by atoms with van der Waals surface area (Å²) in [7, 11) is -8.13. The zero-order valence-electron chi connectivity index (χ0n) is 14.2. The second kappa shape index (κ2) is 7.19. The van der Waals surface area contributed by atoms with Crippen molar-refractivity contribution in [3.63, 3.8) is 0 Å². The number of hydrogen-bond donors (Lipinski definition) is 3. The number of nitrogens with one attached hydrogen (secondary N) is 2. The van der Waals surface area contributed by atoms with Crippen LogP contribution in [0.3, 0.4) is 0 Å². The largest absolute Gasteiger partial charge is 0.263 e. The lowest BCUT2D eigenvalue weighted by molar-refractivity contribution is 0.567. The topological polar surface area (TPSA) is 148 Å². The average molecular weight is 407 g/mol. The van der Waals surface area contributed by atoms with E-state index in [2.05, 4.69) is 19.9 Å². The molecule has 1 heterocycles. The van der Waals surface area contributed by atoms with Gasteiger partial charge in [0.1, 0.15) is 11.9 Å². The molecule has 9 nitrogen and oxygen atoms in total. The Morgan fingerprint density at radius 2 is 1.67 bits per heavy atom. The minimum absolute atomic E-state index is 0.234. The predicted octanol–water partition coefficient (Wildman–Crippen LogP) is 0.828. The molecular weight excluding hydrogens is 390 g/mol. The van der Waals surface area contributed by atoms with Gasteiger partial charge in [0.25, 0.3) is 0 Å². The minimum Gasteiger partial charge on any atom is -0.263 e. The van der Waals surface area contributed by atoms with Crippen LogP contribution < -0.4 is 9.86 Å². The summed E-state index contributed by atoms with van der Waals surface area (Å²) in [4.78, 5) is 3.68. The summed E-state index contributed by atoms with van der Waals surface area (Å²) in [5, 5.41) is 11.8. The van der Waals surface area contributed by atoms with Gasteiger partial charge in [-0.05, 0) is 30.7 Å². The molecule has 0 radical (unpaired) electrons. The van der Waals surface area contributed by atoms with Crippen LogP contribution in [0.1, 0.15) is 23.3 Å². The molecule has 1 aromatic heterocycles. The third-order valence-corrected chi connectivity index (χ3v) is 6.05. The first-order valence-electron chi connectivity index (χ1n) is 7.76. The van der Waals surface area contributed by atoms with E-state index in [1.165, 1.54) is 18.2 Å². The average Bonchev–Trinajstić information content (AvgIpc) is 3.06. The van der Waals surface area contributed by atoms with Crippen molar-refractivity contribution < 1.29 is 16.8 Å². The Labute approximate surface area is 156 Å². The third kappa shape index (κ3) is 4.39. The molecule has 0 aliphatic rings. The summed E-state index contributed by atoms with van der Waals surface area (Å²) >= 11 is 0. The van der Waals surface area contributed by atoms with Gasteiger partial charge in [-0.3, -0.25) is 5.10 Å². The number of aromatic amines is 1. The van der Waals surface area contributed by atoms with Gasteiger partial charge in [-0.1, -0.05) is 36.4 Å². The molecule has 0 fully saturated rings. The number of primary sulfonamides is 1. The lowest BCUT2D eigenvalue weighted by Crippen LogP contribution is -2.30. The number of aryl methyl sites for hydroxylation is 1. The van der Waals surface area contributed by atoms with Crippen molar-refractivity contribution in [3.05, 3.63) is 71.8 Å². The summed E-state index contributed by atoms with van der Waals surface area (Å²) in [6.45, 7) is 1.70. The molecule has 0 saturated heterocycles. The van der Waals surface area contributed by atoms with Crippen molar-refractivity contribution in [2.24, 2.45) is 5.14 Å². The van der Waals surface area contributed by atoms with Crippen molar-refractivity contribution in [2.75, 3.05) is 0 Å². The summed E-state index contributed by atoms with van der Waals surface area (Å²) in [6, 6.07) is 12.7. The first kappa shape index (κ1) is 19.2. The predicted molar refractivity (Wildman–Crippen MR) is 97.5 cm³/mol. The normalized spacial score (nSPS) is 13.4. The molecule has 27 heavy (non-hydrogen) atoms. The monoisotopic (exact) mass is 407 g/mol. The molecule has 1 unspecified atom stereocenters. The number of hydrogen-bond acceptors (Lipinski definition) is 6. The van der Waals surface area contributed by atoms with Crippen LogP contribution >= 0.6 is 0 Å². The molecule has 142 valence electrons. The van der Waals surface area contributed by atoms with E-state index in [0.717, 1.165) is 6.07 Å². The van der Waals surface area contributed by atoms with E-state index in [1.807, 2.05) is 0 Å². The number of nitrogens with zero attached hydrogens (tertiary/aromatic N) is 2. The van der Waals surface area contributed by atoms with Crippen LogP contribution in [0.25, 0.3) is 0 Å². The minimum atomic E-state index is -4.09. The number of H-pyrrole nitrogens is 1. The van der Waals surface area contributed by atoms with Crippen molar-refractivity contribution >= 4 is 20.0 Å². The number of rotatable bonds is 6. The molecule has 3 rings (SSSR count). The van der Waals surface area contributed by atoms with Gasteiger partial charge in [0, 0.05) is 0 Å². The van der Waals surface area contributed by atoms with E-state index >= 15 is 0 Å². The standard InChI is InChI=1S/C16H17N5O4S2/c1-11-18-16(20-19-11)15(12-6-3-2-4-7-12)21-27(24,25)14-9-5-8-13(10-14)26(17,22)23/h2-10,15,21H,1H3,(H2,17,22,23)(H,18,19,20). The number of benzene rings is 2. The second-order valence-electron chi connectivity index (χ2n) is 5.76. The molecule has 0 bridgehead atoms. The highest BCUT2D eigenvalue weighted by atomic mass is 32.2. The molecule has 2 aromatic carbocycles. The second-order valence-corrected chi connectivity index (χ2v) is 9.04. The van der Waals surface area contributed by atoms with Crippen molar-refractivity contribution in [1.29, 1.82) is 0 Å². The lowest BCUT2D eigenvalue weighted by Gasteiger charge is -2.17. The molecule has 0 aliphatic heterocycles. The van der Waals surface area contributed by atoms with Gasteiger partial charge < -0.3 is 0 Å². The Morgan fingerprint density at radius 3 is 2.26 bits per heavy atom. The quantitative estimate of drug-likeness (QED) is 0.551. The SMILES string of the molecule is Cc1nc(C(NS(=O)(=O)c2cccc(S(N)(=O)=O)c2)c2ccccc2)n[nH]1. The molecule has 3 aromatic rings. The van der Waals surface area contributed by atoms with Crippen LogP contribution in [0, 0.1) is 6.92 Å². The smallest absolute Gasteiger partial charge is 0.241 e. The number of sulfonamides is 2. The third-order valence-electron chi connectivity index (χ3n) is 3.72. The fourth-order valence-electron chi connectivity index (χ4n) is 2.45. The van der Waals surface area contributed by atoms with E-state index in [1.54, 1.807) is 37.3 Å². The first-order chi connectivity index (χ1) is 12.7. The molecule has 0 spiro atoms. The van der Waals surface area contributed by atoms with Crippen LogP contribution in [-0.2, 0) is 20.0 Å². The molecule has 1 atom stereocenters. The Kier molecular flexibility index (Phi) is 5.11. The van der Waals surface area contributed by atoms with Crippen LogP contribution in [0.4, 0.5) is 0 Å². The lowest BCUT2D eigenvalue weighted by atomic mass is 10.1. The Balaban J connectivity index is 2.03. The van der Waals surface area contributed by atoms with Gasteiger partial charge in [-0.25, -0.2) is 27.0 Å². The summed E-state index contributed by atoms with van der Waals surface area (Å²) in [6.07, 6.45) is 0. The van der Waals surface area contributed by atoms with Crippen molar-refractivity contribution in [1.82, 2.24) is 19.9 Å².